The molecule has 14 heavy (non-hydrogen) atoms. The Balaban J connectivity index is 1.86. The first-order valence-corrected chi connectivity index (χ1v) is 4.94. The molecule has 0 radical (unpaired) electrons. The number of aromatic nitrogens is 1. The van der Waals surface area contributed by atoms with E-state index in [-0.39, 0.29) is 5.82 Å². The molecular weight excluding hydrogens is 181 g/mol. The fourth-order valence-corrected chi connectivity index (χ4v) is 2.38. The quantitative estimate of drug-likeness (QED) is 0.714. The van der Waals surface area contributed by atoms with Gasteiger partial charge in [0.25, 0.3) is 0 Å². The van der Waals surface area contributed by atoms with Crippen LogP contribution >= 0.6 is 0 Å². The molecule has 2 unspecified atom stereocenters. The van der Waals surface area contributed by atoms with Crippen LogP contribution in [-0.2, 0) is 0 Å². The van der Waals surface area contributed by atoms with Gasteiger partial charge in [-0.3, -0.25) is 0 Å². The number of rotatable bonds is 1. The average molecular weight is 193 g/mol. The molecule has 2 fully saturated rings. The first kappa shape index (κ1) is 8.17. The second-order valence-electron chi connectivity index (χ2n) is 3.98. The number of hydrogen-bond acceptors (Lipinski definition) is 3. The lowest BCUT2D eigenvalue weighted by Gasteiger charge is -2.28. The Morgan fingerprint density at radius 2 is 2.43 bits per heavy atom. The Hall–Kier alpha value is -1.16. The van der Waals surface area contributed by atoms with E-state index in [0.29, 0.717) is 12.1 Å². The molecule has 1 N–H and O–H groups in total. The highest BCUT2D eigenvalue weighted by atomic mass is 19.1. The van der Waals surface area contributed by atoms with Crippen LogP contribution in [0.2, 0.25) is 0 Å². The molecule has 0 aliphatic carbocycles. The number of nitrogens with zero attached hydrogens (tertiary/aromatic N) is 2. The van der Waals surface area contributed by atoms with Crippen LogP contribution in [0.1, 0.15) is 6.42 Å². The van der Waals surface area contributed by atoms with Crippen LogP contribution in [0.4, 0.5) is 10.2 Å². The van der Waals surface area contributed by atoms with Gasteiger partial charge in [-0.05, 0) is 18.6 Å². The van der Waals surface area contributed by atoms with Crippen molar-refractivity contribution in [2.24, 2.45) is 0 Å². The van der Waals surface area contributed by atoms with Gasteiger partial charge in [-0.25, -0.2) is 9.37 Å². The highest BCUT2D eigenvalue weighted by molar-refractivity contribution is 5.43. The summed E-state index contributed by atoms with van der Waals surface area (Å²) in [7, 11) is 0. The van der Waals surface area contributed by atoms with Crippen LogP contribution in [-0.4, -0.2) is 30.2 Å². The van der Waals surface area contributed by atoms with Crippen molar-refractivity contribution in [1.29, 1.82) is 0 Å². The lowest BCUT2D eigenvalue weighted by molar-refractivity contribution is 0.573. The summed E-state index contributed by atoms with van der Waals surface area (Å²) in [5, 5.41) is 3.42. The molecule has 2 bridgehead atoms. The maximum atomic E-state index is 12.7. The monoisotopic (exact) mass is 193 g/mol. The van der Waals surface area contributed by atoms with Gasteiger partial charge in [0.2, 0.25) is 0 Å². The number of halogens is 1. The summed E-state index contributed by atoms with van der Waals surface area (Å²) < 4.78 is 12.7. The fourth-order valence-electron chi connectivity index (χ4n) is 2.38. The minimum Gasteiger partial charge on any atom is -0.351 e. The van der Waals surface area contributed by atoms with Crippen molar-refractivity contribution in [2.75, 3.05) is 18.0 Å². The second kappa shape index (κ2) is 2.92. The highest BCUT2D eigenvalue weighted by Crippen LogP contribution is 2.27. The maximum absolute atomic E-state index is 12.7. The van der Waals surface area contributed by atoms with Crippen molar-refractivity contribution in [1.82, 2.24) is 10.3 Å². The molecule has 74 valence electrons. The molecule has 0 amide bonds. The van der Waals surface area contributed by atoms with Crippen molar-refractivity contribution in [3.8, 4) is 0 Å². The number of nitrogens with one attached hydrogen (secondary N) is 1. The van der Waals surface area contributed by atoms with Gasteiger partial charge >= 0.3 is 0 Å². The number of pyridine rings is 1. The van der Waals surface area contributed by atoms with Crippen molar-refractivity contribution in [3.63, 3.8) is 0 Å². The lowest BCUT2D eigenvalue weighted by atomic mass is 10.2. The Kier molecular flexibility index (Phi) is 1.70. The molecule has 3 rings (SSSR count). The normalized spacial score (nSPS) is 29.9. The van der Waals surface area contributed by atoms with Crippen molar-refractivity contribution in [2.45, 2.75) is 18.5 Å². The zero-order chi connectivity index (χ0) is 9.54. The first-order valence-electron chi connectivity index (χ1n) is 4.94. The van der Waals surface area contributed by atoms with E-state index >= 15 is 0 Å². The summed E-state index contributed by atoms with van der Waals surface area (Å²) in [6, 6.07) is 4.39. The largest absolute Gasteiger partial charge is 0.351 e. The lowest BCUT2D eigenvalue weighted by Crippen LogP contribution is -2.43. The first-order chi connectivity index (χ1) is 6.83. The van der Waals surface area contributed by atoms with Gasteiger partial charge in [-0.2, -0.15) is 0 Å². The van der Waals surface area contributed by atoms with Gasteiger partial charge in [-0.15, -0.1) is 0 Å². The van der Waals surface area contributed by atoms with Crippen molar-refractivity contribution in [3.05, 3.63) is 24.1 Å². The standard InChI is InChI=1S/C10H12FN3/c11-7-1-2-10(13-4-7)14-6-8-3-9(14)5-12-8/h1-2,4,8-9,12H,3,5-6H2. The van der Waals surface area contributed by atoms with Crippen LogP contribution in [0.25, 0.3) is 0 Å². The Morgan fingerprint density at radius 3 is 3.00 bits per heavy atom. The van der Waals surface area contributed by atoms with Gasteiger partial charge in [0, 0.05) is 25.2 Å². The van der Waals surface area contributed by atoms with E-state index < -0.39 is 0 Å². The van der Waals surface area contributed by atoms with E-state index in [2.05, 4.69) is 15.2 Å². The Labute approximate surface area is 81.9 Å². The van der Waals surface area contributed by atoms with Gasteiger partial charge in [0.15, 0.2) is 0 Å². The maximum Gasteiger partial charge on any atom is 0.141 e. The third-order valence-electron chi connectivity index (χ3n) is 3.06. The summed E-state index contributed by atoms with van der Waals surface area (Å²) in [5.41, 5.74) is 0. The predicted molar refractivity (Wildman–Crippen MR) is 51.7 cm³/mol. The molecule has 0 aromatic carbocycles. The molecule has 0 spiro atoms. The summed E-state index contributed by atoms with van der Waals surface area (Å²) in [4.78, 5) is 6.37. The van der Waals surface area contributed by atoms with E-state index in [4.69, 9.17) is 0 Å². The third kappa shape index (κ3) is 1.18. The molecule has 1 aromatic heterocycles. The zero-order valence-corrected chi connectivity index (χ0v) is 7.78. The minimum absolute atomic E-state index is 0.267. The molecule has 3 nitrogen and oxygen atoms in total. The summed E-state index contributed by atoms with van der Waals surface area (Å²) in [6.07, 6.45) is 2.48. The van der Waals surface area contributed by atoms with Crippen LogP contribution in [0.15, 0.2) is 18.3 Å². The summed E-state index contributed by atoms with van der Waals surface area (Å²) in [6.45, 7) is 2.03. The SMILES string of the molecule is Fc1ccc(N2CC3CC2CN3)nc1. The molecule has 2 aliphatic heterocycles. The average Bonchev–Trinajstić information content (AvgIpc) is 2.80. The predicted octanol–water partition coefficient (Wildman–Crippen LogP) is 0.771. The van der Waals surface area contributed by atoms with Crippen LogP contribution in [0, 0.1) is 5.82 Å². The van der Waals surface area contributed by atoms with Crippen molar-refractivity contribution < 1.29 is 4.39 Å². The van der Waals surface area contributed by atoms with E-state index in [0.717, 1.165) is 18.9 Å². The number of anilines is 1. The van der Waals surface area contributed by atoms with Crippen LogP contribution in [0.3, 0.4) is 0 Å². The van der Waals surface area contributed by atoms with E-state index in [1.165, 1.54) is 18.7 Å². The van der Waals surface area contributed by atoms with Crippen LogP contribution < -0.4 is 10.2 Å². The number of fused-ring (bicyclic) bond motifs is 2. The molecule has 4 heteroatoms. The molecule has 2 atom stereocenters. The van der Waals surface area contributed by atoms with Gasteiger partial charge in [0.1, 0.15) is 11.6 Å². The van der Waals surface area contributed by atoms with Gasteiger partial charge in [0.05, 0.1) is 6.20 Å². The van der Waals surface area contributed by atoms with Crippen LogP contribution in [0.5, 0.6) is 0 Å². The molecule has 1 aromatic rings. The second-order valence-corrected chi connectivity index (χ2v) is 3.98. The number of piperazine rings is 1. The van der Waals surface area contributed by atoms with Crippen molar-refractivity contribution >= 4 is 5.82 Å². The molecule has 0 saturated carbocycles. The summed E-state index contributed by atoms with van der Waals surface area (Å²) in [5.74, 6) is 0.636. The van der Waals surface area contributed by atoms with E-state index in [9.17, 15) is 4.39 Å². The minimum atomic E-state index is -0.267. The smallest absolute Gasteiger partial charge is 0.141 e. The molecular formula is C10H12FN3. The van der Waals surface area contributed by atoms with E-state index in [1.54, 1.807) is 6.07 Å². The van der Waals surface area contributed by atoms with Gasteiger partial charge < -0.3 is 10.2 Å². The fraction of sp³-hybridized carbons (Fsp3) is 0.500. The summed E-state index contributed by atoms with van der Waals surface area (Å²) >= 11 is 0. The topological polar surface area (TPSA) is 28.2 Å². The zero-order valence-electron chi connectivity index (χ0n) is 7.78. The molecule has 2 saturated heterocycles. The van der Waals surface area contributed by atoms with Gasteiger partial charge in [-0.1, -0.05) is 0 Å². The molecule has 2 aliphatic rings. The Bertz CT molecular complexity index is 338. The number of hydrogen-bond donors (Lipinski definition) is 1. The highest BCUT2D eigenvalue weighted by Gasteiger charge is 2.37. The Morgan fingerprint density at radius 1 is 1.50 bits per heavy atom. The van der Waals surface area contributed by atoms with E-state index in [1.807, 2.05) is 0 Å². The molecule has 3 heterocycles. The third-order valence-corrected chi connectivity index (χ3v) is 3.06.